The van der Waals surface area contributed by atoms with E-state index in [0.717, 1.165) is 37.5 Å². The molecule has 114 valence electrons. The Hall–Kier alpha value is -1.49. The molecule has 2 fully saturated rings. The second-order valence-electron chi connectivity index (χ2n) is 6.12. The van der Waals surface area contributed by atoms with E-state index in [-0.39, 0.29) is 24.4 Å². The van der Waals surface area contributed by atoms with Crippen molar-refractivity contribution in [1.29, 1.82) is 0 Å². The molecule has 1 aromatic rings. The molecule has 1 saturated heterocycles. The van der Waals surface area contributed by atoms with Crippen LogP contribution in [-0.2, 0) is 4.79 Å². The quantitative estimate of drug-likeness (QED) is 0.931. The minimum atomic E-state index is -0.678. The number of likely N-dealkylation sites (tertiary alicyclic amines) is 1. The molecule has 1 aliphatic carbocycles. The Bertz CT molecular complexity index is 545. The first-order valence-electron chi connectivity index (χ1n) is 7.47. The molecule has 1 heterocycles. The van der Waals surface area contributed by atoms with Crippen molar-refractivity contribution >= 4 is 5.91 Å². The van der Waals surface area contributed by atoms with E-state index in [1.54, 1.807) is 0 Å². The molecular formula is C16H19F2NO2. The van der Waals surface area contributed by atoms with Gasteiger partial charge in [-0.05, 0) is 43.4 Å². The SMILES string of the molecule is O=C(CC1CCC1)N1CC(O)CC1c1cc(F)ccc1F. The number of amides is 1. The molecular weight excluding hydrogens is 276 g/mol. The molecule has 0 aromatic heterocycles. The summed E-state index contributed by atoms with van der Waals surface area (Å²) < 4.78 is 27.3. The summed E-state index contributed by atoms with van der Waals surface area (Å²) in [5.41, 5.74) is 0.161. The van der Waals surface area contributed by atoms with E-state index in [1.165, 1.54) is 4.90 Å². The lowest BCUT2D eigenvalue weighted by Gasteiger charge is -2.30. The maximum Gasteiger partial charge on any atom is 0.223 e. The molecule has 0 spiro atoms. The Labute approximate surface area is 122 Å². The van der Waals surface area contributed by atoms with Gasteiger partial charge < -0.3 is 10.0 Å². The molecule has 5 heteroatoms. The van der Waals surface area contributed by atoms with Crippen LogP contribution in [0.2, 0.25) is 0 Å². The highest BCUT2D eigenvalue weighted by atomic mass is 19.1. The van der Waals surface area contributed by atoms with Gasteiger partial charge in [-0.3, -0.25) is 4.79 Å². The summed E-state index contributed by atoms with van der Waals surface area (Å²) in [6.07, 6.45) is 3.30. The first-order chi connectivity index (χ1) is 10.0. The van der Waals surface area contributed by atoms with Crippen LogP contribution in [0.4, 0.5) is 8.78 Å². The van der Waals surface area contributed by atoms with Crippen LogP contribution in [0.1, 0.15) is 43.7 Å². The third-order valence-corrected chi connectivity index (χ3v) is 4.60. The van der Waals surface area contributed by atoms with Crippen LogP contribution in [0.15, 0.2) is 18.2 Å². The average Bonchev–Trinajstić information content (AvgIpc) is 2.78. The fraction of sp³-hybridized carbons (Fsp3) is 0.562. The monoisotopic (exact) mass is 295 g/mol. The second-order valence-corrected chi connectivity index (χ2v) is 6.12. The van der Waals surface area contributed by atoms with Gasteiger partial charge in [0.25, 0.3) is 0 Å². The van der Waals surface area contributed by atoms with E-state index in [2.05, 4.69) is 0 Å². The molecule has 21 heavy (non-hydrogen) atoms. The van der Waals surface area contributed by atoms with Crippen LogP contribution in [-0.4, -0.2) is 28.6 Å². The van der Waals surface area contributed by atoms with Gasteiger partial charge in [0.1, 0.15) is 11.6 Å². The minimum absolute atomic E-state index is 0.0649. The lowest BCUT2D eigenvalue weighted by molar-refractivity contribution is -0.134. The summed E-state index contributed by atoms with van der Waals surface area (Å²) in [5.74, 6) is -0.714. The largest absolute Gasteiger partial charge is 0.391 e. The van der Waals surface area contributed by atoms with Gasteiger partial charge in [-0.2, -0.15) is 0 Å². The van der Waals surface area contributed by atoms with Crippen molar-refractivity contribution in [1.82, 2.24) is 4.90 Å². The smallest absolute Gasteiger partial charge is 0.223 e. The summed E-state index contributed by atoms with van der Waals surface area (Å²) in [5, 5.41) is 9.84. The van der Waals surface area contributed by atoms with E-state index >= 15 is 0 Å². The van der Waals surface area contributed by atoms with Crippen LogP contribution in [0.5, 0.6) is 0 Å². The van der Waals surface area contributed by atoms with Crippen LogP contribution in [0.3, 0.4) is 0 Å². The van der Waals surface area contributed by atoms with Gasteiger partial charge in [0.15, 0.2) is 0 Å². The summed E-state index contributed by atoms with van der Waals surface area (Å²) >= 11 is 0. The van der Waals surface area contributed by atoms with Crippen molar-refractivity contribution in [2.24, 2.45) is 5.92 Å². The maximum absolute atomic E-state index is 13.9. The molecule has 2 atom stereocenters. The van der Waals surface area contributed by atoms with Crippen LogP contribution in [0, 0.1) is 17.6 Å². The van der Waals surface area contributed by atoms with Crippen molar-refractivity contribution in [3.63, 3.8) is 0 Å². The molecule has 1 N–H and O–H groups in total. The van der Waals surface area contributed by atoms with Gasteiger partial charge in [-0.15, -0.1) is 0 Å². The highest BCUT2D eigenvalue weighted by Crippen LogP contribution is 2.37. The van der Waals surface area contributed by atoms with Crippen LogP contribution < -0.4 is 0 Å². The molecule has 1 saturated carbocycles. The Morgan fingerprint density at radius 1 is 1.33 bits per heavy atom. The molecule has 1 aromatic carbocycles. The summed E-state index contributed by atoms with van der Waals surface area (Å²) in [4.78, 5) is 13.9. The molecule has 2 unspecified atom stereocenters. The number of hydrogen-bond acceptors (Lipinski definition) is 2. The highest BCUT2D eigenvalue weighted by Gasteiger charge is 2.37. The maximum atomic E-state index is 13.9. The number of aliphatic hydroxyl groups excluding tert-OH is 1. The summed E-state index contributed by atoms with van der Waals surface area (Å²) in [7, 11) is 0. The average molecular weight is 295 g/mol. The Morgan fingerprint density at radius 2 is 2.10 bits per heavy atom. The predicted molar refractivity (Wildman–Crippen MR) is 73.4 cm³/mol. The number of rotatable bonds is 3. The van der Waals surface area contributed by atoms with Gasteiger partial charge in [0.05, 0.1) is 12.1 Å². The van der Waals surface area contributed by atoms with E-state index in [0.29, 0.717) is 12.3 Å². The lowest BCUT2D eigenvalue weighted by atomic mass is 9.82. The number of benzene rings is 1. The second kappa shape index (κ2) is 5.72. The molecule has 3 rings (SSSR count). The van der Waals surface area contributed by atoms with E-state index in [4.69, 9.17) is 0 Å². The van der Waals surface area contributed by atoms with Gasteiger partial charge in [-0.1, -0.05) is 6.42 Å². The molecule has 2 aliphatic rings. The Morgan fingerprint density at radius 3 is 2.76 bits per heavy atom. The van der Waals surface area contributed by atoms with Gasteiger partial charge in [0, 0.05) is 18.5 Å². The molecule has 1 amide bonds. The zero-order chi connectivity index (χ0) is 15.0. The van der Waals surface area contributed by atoms with Gasteiger partial charge in [0.2, 0.25) is 5.91 Å². The summed E-state index contributed by atoms with van der Waals surface area (Å²) in [6.45, 7) is 0.201. The number of halogens is 2. The first-order valence-corrected chi connectivity index (χ1v) is 7.47. The van der Waals surface area contributed by atoms with Crippen molar-refractivity contribution in [3.05, 3.63) is 35.4 Å². The zero-order valence-corrected chi connectivity index (χ0v) is 11.8. The Kier molecular flexibility index (Phi) is 3.93. The topological polar surface area (TPSA) is 40.5 Å². The standard InChI is InChI=1S/C16H19F2NO2/c17-11-4-5-14(18)13(7-11)15-8-12(20)9-19(15)16(21)6-10-2-1-3-10/h4-5,7,10,12,15,20H,1-3,6,8-9H2. The first kappa shape index (κ1) is 14.4. The summed E-state index contributed by atoms with van der Waals surface area (Å²) in [6, 6.07) is 2.69. The predicted octanol–water partition coefficient (Wildman–Crippen LogP) is 2.79. The van der Waals surface area contributed by atoms with Gasteiger partial charge >= 0.3 is 0 Å². The normalized spacial score (nSPS) is 26.0. The number of nitrogens with zero attached hydrogens (tertiary/aromatic N) is 1. The number of carbonyl (C=O) groups is 1. The number of β-amino-alcohol motifs (C(OH)–C–C–N with tert-alkyl or cyclic N) is 1. The molecule has 1 aliphatic heterocycles. The fourth-order valence-electron chi connectivity index (χ4n) is 3.22. The fourth-order valence-corrected chi connectivity index (χ4v) is 3.22. The van der Waals surface area contributed by atoms with Crippen LogP contribution >= 0.6 is 0 Å². The van der Waals surface area contributed by atoms with Crippen molar-refractivity contribution < 1.29 is 18.7 Å². The van der Waals surface area contributed by atoms with Crippen LogP contribution in [0.25, 0.3) is 0 Å². The highest BCUT2D eigenvalue weighted by molar-refractivity contribution is 5.77. The number of aliphatic hydroxyl groups is 1. The molecule has 3 nitrogen and oxygen atoms in total. The number of carbonyl (C=O) groups excluding carboxylic acids is 1. The minimum Gasteiger partial charge on any atom is -0.391 e. The van der Waals surface area contributed by atoms with E-state index in [9.17, 15) is 18.7 Å². The molecule has 0 radical (unpaired) electrons. The van der Waals surface area contributed by atoms with Crippen molar-refractivity contribution in [3.8, 4) is 0 Å². The van der Waals surface area contributed by atoms with E-state index < -0.39 is 23.8 Å². The van der Waals surface area contributed by atoms with Gasteiger partial charge in [-0.25, -0.2) is 8.78 Å². The van der Waals surface area contributed by atoms with E-state index in [1.807, 2.05) is 0 Å². The number of hydrogen-bond donors (Lipinski definition) is 1. The molecule has 0 bridgehead atoms. The third-order valence-electron chi connectivity index (χ3n) is 4.60. The Balaban J connectivity index is 1.81. The lowest BCUT2D eigenvalue weighted by Crippen LogP contribution is -2.34. The zero-order valence-electron chi connectivity index (χ0n) is 11.8. The van der Waals surface area contributed by atoms with Crippen molar-refractivity contribution in [2.45, 2.75) is 44.2 Å². The van der Waals surface area contributed by atoms with Crippen molar-refractivity contribution in [2.75, 3.05) is 6.54 Å². The third kappa shape index (κ3) is 2.93.